The average Bonchev–Trinajstić information content (AvgIpc) is 2.58. The third-order valence-electron chi connectivity index (χ3n) is 3.13. The summed E-state index contributed by atoms with van der Waals surface area (Å²) in [7, 11) is 0. The zero-order chi connectivity index (χ0) is 11.7. The highest BCUT2D eigenvalue weighted by molar-refractivity contribution is 5.98. The molecule has 1 heterocycles. The standard InChI is InChI=1S/C12H16O4/c1-3-8-6-11(15-7(2)13)16-10-5-4-9(14)12(8)10/h8,11H,3-6H2,1-2H3/t8-,11+/m1/s1. The van der Waals surface area contributed by atoms with Gasteiger partial charge in [0, 0.05) is 31.8 Å². The summed E-state index contributed by atoms with van der Waals surface area (Å²) in [5.74, 6) is 0.786. The third-order valence-corrected chi connectivity index (χ3v) is 3.13. The van der Waals surface area contributed by atoms with Crippen LogP contribution >= 0.6 is 0 Å². The monoisotopic (exact) mass is 224 g/mol. The molecule has 1 aliphatic carbocycles. The molecule has 0 saturated carbocycles. The number of ether oxygens (including phenoxy) is 2. The molecule has 0 saturated heterocycles. The molecule has 0 radical (unpaired) electrons. The molecule has 2 rings (SSSR count). The van der Waals surface area contributed by atoms with Crippen LogP contribution in [0.15, 0.2) is 11.3 Å². The van der Waals surface area contributed by atoms with E-state index in [4.69, 9.17) is 9.47 Å². The first-order valence-electron chi connectivity index (χ1n) is 5.72. The Bertz CT molecular complexity index is 356. The van der Waals surface area contributed by atoms with Gasteiger partial charge in [-0.1, -0.05) is 6.92 Å². The van der Waals surface area contributed by atoms with Crippen LogP contribution in [0.2, 0.25) is 0 Å². The average molecular weight is 224 g/mol. The Kier molecular flexibility index (Phi) is 2.99. The van der Waals surface area contributed by atoms with Crippen LogP contribution < -0.4 is 0 Å². The summed E-state index contributed by atoms with van der Waals surface area (Å²) in [6.45, 7) is 3.41. The molecule has 0 N–H and O–H groups in total. The number of allylic oxidation sites excluding steroid dienone is 2. The zero-order valence-electron chi connectivity index (χ0n) is 9.62. The smallest absolute Gasteiger partial charge is 0.305 e. The molecule has 0 bridgehead atoms. The molecule has 1 aliphatic heterocycles. The van der Waals surface area contributed by atoms with Crippen LogP contribution in [-0.4, -0.2) is 18.0 Å². The van der Waals surface area contributed by atoms with Gasteiger partial charge < -0.3 is 9.47 Å². The fraction of sp³-hybridized carbons (Fsp3) is 0.667. The molecule has 4 nitrogen and oxygen atoms in total. The Hall–Kier alpha value is -1.32. The van der Waals surface area contributed by atoms with Crippen molar-refractivity contribution >= 4 is 11.8 Å². The summed E-state index contributed by atoms with van der Waals surface area (Å²) in [4.78, 5) is 22.5. The number of hydrogen-bond donors (Lipinski definition) is 0. The second kappa shape index (κ2) is 4.28. The van der Waals surface area contributed by atoms with Crippen molar-refractivity contribution in [1.82, 2.24) is 0 Å². The van der Waals surface area contributed by atoms with E-state index < -0.39 is 6.29 Å². The maximum atomic E-state index is 11.7. The van der Waals surface area contributed by atoms with Gasteiger partial charge in [0.1, 0.15) is 5.76 Å². The van der Waals surface area contributed by atoms with Gasteiger partial charge >= 0.3 is 5.97 Å². The van der Waals surface area contributed by atoms with Gasteiger partial charge in [-0.25, -0.2) is 0 Å². The van der Waals surface area contributed by atoms with Gasteiger partial charge in [-0.05, 0) is 12.3 Å². The quantitative estimate of drug-likeness (QED) is 0.672. The molecular weight excluding hydrogens is 208 g/mol. The second-order valence-electron chi connectivity index (χ2n) is 4.26. The lowest BCUT2D eigenvalue weighted by Crippen LogP contribution is -2.29. The minimum absolute atomic E-state index is 0.183. The lowest BCUT2D eigenvalue weighted by molar-refractivity contribution is -0.174. The number of rotatable bonds is 2. The number of carbonyl (C=O) groups is 2. The molecule has 2 atom stereocenters. The van der Waals surface area contributed by atoms with Crippen molar-refractivity contribution in [3.05, 3.63) is 11.3 Å². The Morgan fingerprint density at radius 3 is 2.88 bits per heavy atom. The van der Waals surface area contributed by atoms with Gasteiger partial charge in [0.25, 0.3) is 0 Å². The van der Waals surface area contributed by atoms with Crippen molar-refractivity contribution in [1.29, 1.82) is 0 Å². The molecule has 0 fully saturated rings. The van der Waals surface area contributed by atoms with Crippen molar-refractivity contribution in [3.63, 3.8) is 0 Å². The fourth-order valence-electron chi connectivity index (χ4n) is 2.41. The van der Waals surface area contributed by atoms with E-state index in [9.17, 15) is 9.59 Å². The van der Waals surface area contributed by atoms with E-state index in [2.05, 4.69) is 0 Å². The lowest BCUT2D eigenvalue weighted by Gasteiger charge is -2.29. The molecule has 88 valence electrons. The van der Waals surface area contributed by atoms with Crippen LogP contribution in [0.25, 0.3) is 0 Å². The van der Waals surface area contributed by atoms with E-state index in [-0.39, 0.29) is 17.7 Å². The number of Topliss-reactive ketones (excluding diaryl/α,β-unsaturated/α-hetero) is 1. The summed E-state index contributed by atoms with van der Waals surface area (Å²) in [6.07, 6.45) is 2.16. The predicted molar refractivity (Wildman–Crippen MR) is 56.3 cm³/mol. The normalized spacial score (nSPS) is 28.8. The summed E-state index contributed by atoms with van der Waals surface area (Å²) in [6, 6.07) is 0. The Morgan fingerprint density at radius 1 is 1.50 bits per heavy atom. The van der Waals surface area contributed by atoms with Gasteiger partial charge in [0.2, 0.25) is 6.29 Å². The van der Waals surface area contributed by atoms with E-state index in [1.165, 1.54) is 6.92 Å². The molecule has 0 aromatic rings. The molecule has 0 amide bonds. The van der Waals surface area contributed by atoms with E-state index in [0.717, 1.165) is 17.8 Å². The van der Waals surface area contributed by atoms with E-state index in [1.54, 1.807) is 0 Å². The minimum Gasteiger partial charge on any atom is -0.459 e. The molecule has 0 spiro atoms. The van der Waals surface area contributed by atoms with Crippen LogP contribution in [0.1, 0.15) is 39.5 Å². The van der Waals surface area contributed by atoms with Crippen molar-refractivity contribution in [3.8, 4) is 0 Å². The number of carbonyl (C=O) groups excluding carboxylic acids is 2. The van der Waals surface area contributed by atoms with Crippen molar-refractivity contribution in [2.75, 3.05) is 0 Å². The number of esters is 1. The van der Waals surface area contributed by atoms with Gasteiger partial charge in [0.15, 0.2) is 5.78 Å². The van der Waals surface area contributed by atoms with Gasteiger partial charge in [0.05, 0.1) is 0 Å². The first-order chi connectivity index (χ1) is 7.61. The van der Waals surface area contributed by atoms with E-state index in [0.29, 0.717) is 19.3 Å². The molecule has 0 unspecified atom stereocenters. The SMILES string of the molecule is CC[C@@H]1C[C@@H](OC(C)=O)OC2=C1C(=O)CC2. The zero-order valence-corrected chi connectivity index (χ0v) is 9.62. The molecule has 0 aromatic carbocycles. The number of ketones is 1. The minimum atomic E-state index is -0.507. The molecular formula is C12H16O4. The van der Waals surface area contributed by atoms with Gasteiger partial charge in [-0.2, -0.15) is 0 Å². The Morgan fingerprint density at radius 2 is 2.25 bits per heavy atom. The maximum Gasteiger partial charge on any atom is 0.305 e. The third kappa shape index (κ3) is 1.96. The highest BCUT2D eigenvalue weighted by Crippen LogP contribution is 2.39. The summed E-state index contributed by atoms with van der Waals surface area (Å²) >= 11 is 0. The van der Waals surface area contributed by atoms with E-state index >= 15 is 0 Å². The molecule has 16 heavy (non-hydrogen) atoms. The van der Waals surface area contributed by atoms with Crippen molar-refractivity contribution in [2.45, 2.75) is 45.8 Å². The van der Waals surface area contributed by atoms with Crippen molar-refractivity contribution < 1.29 is 19.1 Å². The fourth-order valence-corrected chi connectivity index (χ4v) is 2.41. The van der Waals surface area contributed by atoms with Crippen LogP contribution in [0.4, 0.5) is 0 Å². The van der Waals surface area contributed by atoms with Gasteiger partial charge in [-0.3, -0.25) is 9.59 Å². The summed E-state index contributed by atoms with van der Waals surface area (Å²) in [5, 5.41) is 0. The maximum absolute atomic E-state index is 11.7. The first kappa shape index (κ1) is 11.2. The lowest BCUT2D eigenvalue weighted by atomic mass is 9.89. The highest BCUT2D eigenvalue weighted by atomic mass is 16.7. The van der Waals surface area contributed by atoms with Gasteiger partial charge in [-0.15, -0.1) is 0 Å². The Labute approximate surface area is 94.6 Å². The summed E-state index contributed by atoms with van der Waals surface area (Å²) < 4.78 is 10.6. The molecule has 0 aromatic heterocycles. The van der Waals surface area contributed by atoms with Crippen molar-refractivity contribution in [2.24, 2.45) is 5.92 Å². The van der Waals surface area contributed by atoms with Crippen LogP contribution in [-0.2, 0) is 19.1 Å². The summed E-state index contributed by atoms with van der Waals surface area (Å²) in [5.41, 5.74) is 0.839. The second-order valence-corrected chi connectivity index (χ2v) is 4.26. The molecule has 4 heteroatoms. The Balaban J connectivity index is 2.16. The number of hydrogen-bond acceptors (Lipinski definition) is 4. The highest BCUT2D eigenvalue weighted by Gasteiger charge is 2.37. The van der Waals surface area contributed by atoms with E-state index in [1.807, 2.05) is 6.92 Å². The van der Waals surface area contributed by atoms with Crippen LogP contribution in [0.3, 0.4) is 0 Å². The predicted octanol–water partition coefficient (Wildman–Crippen LogP) is 1.94. The largest absolute Gasteiger partial charge is 0.459 e. The first-order valence-corrected chi connectivity index (χ1v) is 5.72. The van der Waals surface area contributed by atoms with Crippen LogP contribution in [0.5, 0.6) is 0 Å². The molecule has 2 aliphatic rings. The van der Waals surface area contributed by atoms with Crippen LogP contribution in [0, 0.1) is 5.92 Å². The topological polar surface area (TPSA) is 52.6 Å².